The van der Waals surface area contributed by atoms with Gasteiger partial charge in [-0.3, -0.25) is 0 Å². The Labute approximate surface area is 102 Å². The second-order valence-electron chi connectivity index (χ2n) is 4.12. The van der Waals surface area contributed by atoms with E-state index in [0.29, 0.717) is 6.42 Å². The Kier molecular flexibility index (Phi) is 4.81. The van der Waals surface area contributed by atoms with Gasteiger partial charge in [0.05, 0.1) is 5.75 Å². The molecule has 0 amide bonds. The van der Waals surface area contributed by atoms with E-state index in [-0.39, 0.29) is 5.75 Å². The highest BCUT2D eigenvalue weighted by Crippen LogP contribution is 2.12. The van der Waals surface area contributed by atoms with Crippen molar-refractivity contribution in [3.63, 3.8) is 0 Å². The van der Waals surface area contributed by atoms with Crippen LogP contribution < -0.4 is 0 Å². The zero-order chi connectivity index (χ0) is 12.2. The number of aryl methyl sites for hydroxylation is 3. The zero-order valence-electron chi connectivity index (χ0n) is 9.66. The van der Waals surface area contributed by atoms with Gasteiger partial charge >= 0.3 is 0 Å². The van der Waals surface area contributed by atoms with E-state index in [1.807, 2.05) is 0 Å². The smallest absolute Gasteiger partial charge is 0.212 e. The highest BCUT2D eigenvalue weighted by molar-refractivity contribution is 8.13. The summed E-state index contributed by atoms with van der Waals surface area (Å²) >= 11 is 0. The number of unbranched alkanes of at least 4 members (excludes halogenated alkanes) is 1. The van der Waals surface area contributed by atoms with Crippen LogP contribution in [0.5, 0.6) is 0 Å². The van der Waals surface area contributed by atoms with Crippen molar-refractivity contribution in [1.29, 1.82) is 0 Å². The second-order valence-corrected chi connectivity index (χ2v) is 7.02. The van der Waals surface area contributed by atoms with E-state index in [4.69, 9.17) is 10.7 Å². The van der Waals surface area contributed by atoms with E-state index in [2.05, 4.69) is 32.0 Å². The lowest BCUT2D eigenvalue weighted by Crippen LogP contribution is -1.98. The molecule has 0 N–H and O–H groups in total. The normalized spacial score (nSPS) is 11.7. The number of hydrogen-bond acceptors (Lipinski definition) is 2. The number of hydrogen-bond donors (Lipinski definition) is 0. The number of rotatable bonds is 5. The lowest BCUT2D eigenvalue weighted by atomic mass is 10.0. The fourth-order valence-corrected chi connectivity index (χ4v) is 2.44. The lowest BCUT2D eigenvalue weighted by molar-refractivity contribution is 0.605. The van der Waals surface area contributed by atoms with Crippen LogP contribution in [0, 0.1) is 13.8 Å². The molecule has 1 aromatic rings. The number of benzene rings is 1. The van der Waals surface area contributed by atoms with Gasteiger partial charge in [0.2, 0.25) is 9.05 Å². The van der Waals surface area contributed by atoms with Crippen LogP contribution in [-0.2, 0) is 15.5 Å². The second kappa shape index (κ2) is 5.69. The van der Waals surface area contributed by atoms with E-state index >= 15 is 0 Å². The Morgan fingerprint density at radius 3 is 2.38 bits per heavy atom. The van der Waals surface area contributed by atoms with E-state index in [9.17, 15) is 8.42 Å². The summed E-state index contributed by atoms with van der Waals surface area (Å²) in [6.07, 6.45) is 2.39. The van der Waals surface area contributed by atoms with Crippen LogP contribution in [0.25, 0.3) is 0 Å². The van der Waals surface area contributed by atoms with Crippen LogP contribution in [0.1, 0.15) is 29.5 Å². The van der Waals surface area contributed by atoms with Crippen molar-refractivity contribution in [2.24, 2.45) is 0 Å². The molecule has 0 saturated heterocycles. The van der Waals surface area contributed by atoms with E-state index < -0.39 is 9.05 Å². The maximum absolute atomic E-state index is 10.7. The van der Waals surface area contributed by atoms with Crippen molar-refractivity contribution in [2.45, 2.75) is 33.1 Å². The molecule has 0 saturated carbocycles. The van der Waals surface area contributed by atoms with Crippen LogP contribution in [0.3, 0.4) is 0 Å². The first-order chi connectivity index (χ1) is 7.38. The predicted molar refractivity (Wildman–Crippen MR) is 68.5 cm³/mol. The largest absolute Gasteiger partial charge is 0.232 e. The fraction of sp³-hybridized carbons (Fsp3) is 0.500. The van der Waals surface area contributed by atoms with E-state index in [1.54, 1.807) is 0 Å². The van der Waals surface area contributed by atoms with Gasteiger partial charge in [0.15, 0.2) is 0 Å². The minimum absolute atomic E-state index is 0.0688. The molecule has 0 bridgehead atoms. The predicted octanol–water partition coefficient (Wildman–Crippen LogP) is 3.19. The maximum atomic E-state index is 10.7. The molecule has 0 radical (unpaired) electrons. The van der Waals surface area contributed by atoms with Crippen LogP contribution in [0.2, 0.25) is 0 Å². The molecule has 0 spiro atoms. The summed E-state index contributed by atoms with van der Waals surface area (Å²) in [6, 6.07) is 6.35. The third-order valence-electron chi connectivity index (χ3n) is 2.67. The Morgan fingerprint density at radius 2 is 1.81 bits per heavy atom. The van der Waals surface area contributed by atoms with Gasteiger partial charge in [-0.15, -0.1) is 0 Å². The molecule has 0 aliphatic heterocycles. The molecule has 0 aliphatic carbocycles. The van der Waals surface area contributed by atoms with Crippen molar-refractivity contribution < 1.29 is 8.42 Å². The van der Waals surface area contributed by atoms with Crippen molar-refractivity contribution in [3.05, 3.63) is 34.9 Å². The first-order valence-electron chi connectivity index (χ1n) is 5.37. The third-order valence-corrected chi connectivity index (χ3v) is 3.91. The maximum Gasteiger partial charge on any atom is 0.232 e. The highest BCUT2D eigenvalue weighted by atomic mass is 35.7. The highest BCUT2D eigenvalue weighted by Gasteiger charge is 2.04. The quantitative estimate of drug-likeness (QED) is 0.602. The third kappa shape index (κ3) is 4.99. The van der Waals surface area contributed by atoms with Crippen LogP contribution in [0.15, 0.2) is 18.2 Å². The Bertz CT molecular complexity index is 452. The minimum Gasteiger partial charge on any atom is -0.212 e. The average Bonchev–Trinajstić information content (AvgIpc) is 2.17. The monoisotopic (exact) mass is 260 g/mol. The van der Waals surface area contributed by atoms with Crippen LogP contribution >= 0.6 is 10.7 Å². The van der Waals surface area contributed by atoms with E-state index in [1.165, 1.54) is 16.7 Å². The summed E-state index contributed by atoms with van der Waals surface area (Å²) in [5, 5.41) is 0. The Hall–Kier alpha value is -0.540. The van der Waals surface area contributed by atoms with Crippen molar-refractivity contribution in [1.82, 2.24) is 0 Å². The lowest BCUT2D eigenvalue weighted by Gasteiger charge is -2.04. The molecule has 0 aliphatic rings. The van der Waals surface area contributed by atoms with Gasteiger partial charge in [0.25, 0.3) is 0 Å². The minimum atomic E-state index is -3.32. The van der Waals surface area contributed by atoms with Gasteiger partial charge in [0, 0.05) is 10.7 Å². The van der Waals surface area contributed by atoms with Gasteiger partial charge in [-0.25, -0.2) is 8.42 Å². The summed E-state index contributed by atoms with van der Waals surface area (Å²) in [5.41, 5.74) is 3.82. The molecule has 2 nitrogen and oxygen atoms in total. The van der Waals surface area contributed by atoms with Gasteiger partial charge in [-0.05, 0) is 49.8 Å². The Balaban J connectivity index is 2.41. The average molecular weight is 261 g/mol. The van der Waals surface area contributed by atoms with Gasteiger partial charge in [-0.1, -0.05) is 18.2 Å². The first kappa shape index (κ1) is 13.5. The summed E-state index contributed by atoms with van der Waals surface area (Å²) in [5.74, 6) is 0.0688. The fourth-order valence-electron chi connectivity index (χ4n) is 1.56. The zero-order valence-corrected chi connectivity index (χ0v) is 11.2. The summed E-state index contributed by atoms with van der Waals surface area (Å²) < 4.78 is 21.4. The molecule has 0 aromatic heterocycles. The topological polar surface area (TPSA) is 34.1 Å². The molecule has 90 valence electrons. The van der Waals surface area contributed by atoms with Gasteiger partial charge in [-0.2, -0.15) is 0 Å². The van der Waals surface area contributed by atoms with Crippen molar-refractivity contribution in [2.75, 3.05) is 5.75 Å². The molecule has 1 aromatic carbocycles. The molecule has 16 heavy (non-hydrogen) atoms. The molecule has 1 rings (SSSR count). The Morgan fingerprint density at radius 1 is 1.12 bits per heavy atom. The molecule has 0 unspecified atom stereocenters. The van der Waals surface area contributed by atoms with Crippen molar-refractivity contribution in [3.8, 4) is 0 Å². The van der Waals surface area contributed by atoms with Crippen LogP contribution in [-0.4, -0.2) is 14.2 Å². The van der Waals surface area contributed by atoms with Crippen molar-refractivity contribution >= 4 is 19.7 Å². The van der Waals surface area contributed by atoms with Crippen LogP contribution in [0.4, 0.5) is 0 Å². The first-order valence-corrected chi connectivity index (χ1v) is 7.85. The summed E-state index contributed by atoms with van der Waals surface area (Å²) in [6.45, 7) is 4.17. The molecule has 0 heterocycles. The molecule has 0 fully saturated rings. The molecule has 4 heteroatoms. The standard InChI is InChI=1S/C12H17ClO2S/c1-10-6-7-12(9-11(10)2)5-3-4-8-16(13,14)15/h6-7,9H,3-5,8H2,1-2H3. The SMILES string of the molecule is Cc1ccc(CCCCS(=O)(=O)Cl)cc1C. The van der Waals surface area contributed by atoms with E-state index in [0.717, 1.165) is 12.8 Å². The summed E-state index contributed by atoms with van der Waals surface area (Å²) in [4.78, 5) is 0. The molecular formula is C12H17ClO2S. The molecule has 0 atom stereocenters. The van der Waals surface area contributed by atoms with Gasteiger partial charge in [0.1, 0.15) is 0 Å². The van der Waals surface area contributed by atoms with Gasteiger partial charge < -0.3 is 0 Å². The summed E-state index contributed by atoms with van der Waals surface area (Å²) in [7, 11) is 1.81. The number of halogens is 1. The molecular weight excluding hydrogens is 244 g/mol.